The maximum Gasteiger partial charge on any atom is 0.460 e. The first-order valence-corrected chi connectivity index (χ1v) is 7.64. The highest BCUT2D eigenvalue weighted by molar-refractivity contribution is 14.1. The second-order valence-corrected chi connectivity index (χ2v) is 6.12. The first-order valence-electron chi connectivity index (χ1n) is 6.12. The average molecular weight is 468 g/mol. The first-order chi connectivity index (χ1) is 10.2. The largest absolute Gasteiger partial charge is 0.460 e. The van der Waals surface area contributed by atoms with Crippen LogP contribution in [0, 0.1) is 23.3 Å². The van der Waals surface area contributed by atoms with E-state index in [-0.39, 0.29) is 11.0 Å². The molecule has 0 aliphatic carbocycles. The molecule has 0 amide bonds. The van der Waals surface area contributed by atoms with Crippen LogP contribution in [-0.2, 0) is 0 Å². The van der Waals surface area contributed by atoms with Crippen LogP contribution >= 0.6 is 22.6 Å². The van der Waals surface area contributed by atoms with Gasteiger partial charge >= 0.3 is 23.9 Å². The predicted octanol–water partition coefficient (Wildman–Crippen LogP) is 4.31. The van der Waals surface area contributed by atoms with Gasteiger partial charge in [0, 0.05) is 23.9 Å². The molecule has 1 saturated heterocycles. The highest BCUT2D eigenvalue weighted by Gasteiger charge is 2.81. The quantitative estimate of drug-likeness (QED) is 0.261. The smallest absolute Gasteiger partial charge is 0.310 e. The molecule has 2 atom stereocenters. The number of nitrogens with zero attached hydrogens (tertiary/aromatic N) is 2. The molecule has 1 aliphatic rings. The normalized spacial score (nSPS) is 24.0. The number of hydrogen-bond donors (Lipinski definition) is 0. The Morgan fingerprint density at radius 2 is 1.39 bits per heavy atom. The van der Waals surface area contributed by atoms with E-state index in [0.717, 1.165) is 4.90 Å². The van der Waals surface area contributed by atoms with E-state index in [1.807, 2.05) is 0 Å². The molecule has 1 rings (SSSR count). The maximum absolute atomic E-state index is 13.6. The summed E-state index contributed by atoms with van der Waals surface area (Å²) in [4.78, 5) is 0.976. The Bertz CT molecular complexity index is 471. The zero-order chi connectivity index (χ0) is 18.3. The number of rotatable bonds is 5. The number of likely N-dealkylation sites (tertiary alicyclic amines) is 1. The fraction of sp³-hybridized carbons (Fsp3) is 0.909. The molecule has 0 saturated carbocycles. The van der Waals surface area contributed by atoms with Crippen molar-refractivity contribution in [1.82, 2.24) is 4.90 Å². The van der Waals surface area contributed by atoms with E-state index in [2.05, 4.69) is 0 Å². The van der Waals surface area contributed by atoms with Crippen molar-refractivity contribution in [2.24, 2.45) is 11.8 Å². The summed E-state index contributed by atoms with van der Waals surface area (Å²) in [5, 5.41) is 8.66. The molecule has 1 heterocycles. The van der Waals surface area contributed by atoms with Gasteiger partial charge in [0.1, 0.15) is 0 Å². The van der Waals surface area contributed by atoms with Crippen molar-refractivity contribution in [1.29, 1.82) is 5.26 Å². The Morgan fingerprint density at radius 3 is 1.78 bits per heavy atom. The summed E-state index contributed by atoms with van der Waals surface area (Å²) in [6, 6.07) is 0. The third kappa shape index (κ3) is 3.58. The van der Waals surface area contributed by atoms with Crippen LogP contribution in [0.25, 0.3) is 0 Å². The van der Waals surface area contributed by atoms with Crippen LogP contribution in [0.1, 0.15) is 6.42 Å². The molecule has 0 aromatic heterocycles. The molecule has 0 bridgehead atoms. The fourth-order valence-corrected chi connectivity index (χ4v) is 3.29. The van der Waals surface area contributed by atoms with Crippen LogP contribution < -0.4 is 0 Å². The van der Waals surface area contributed by atoms with Crippen LogP contribution in [0.2, 0.25) is 0 Å². The zero-order valence-electron chi connectivity index (χ0n) is 11.2. The number of hydrogen-bond acceptors (Lipinski definition) is 2. The lowest BCUT2D eigenvalue weighted by atomic mass is 9.88. The topological polar surface area (TPSA) is 27.0 Å². The lowest BCUT2D eigenvalue weighted by molar-refractivity contribution is -0.397. The van der Waals surface area contributed by atoms with Gasteiger partial charge in [-0.05, 0) is 11.8 Å². The standard InChI is InChI=1S/C11H10F9IN2/c12-8(13,9(14,15)10(16,17)11(18,19)20)1-6-3-23(5-22)4-7(6)2-21/h6-7H,1-4H2/t6-,7-/m0/s1. The van der Waals surface area contributed by atoms with E-state index in [9.17, 15) is 39.5 Å². The Balaban J connectivity index is 3.04. The maximum atomic E-state index is 13.6. The summed E-state index contributed by atoms with van der Waals surface area (Å²) >= 11 is 1.74. The van der Waals surface area contributed by atoms with Crippen LogP contribution in [0.3, 0.4) is 0 Å². The molecule has 0 aromatic carbocycles. The molecular weight excluding hydrogens is 458 g/mol. The summed E-state index contributed by atoms with van der Waals surface area (Å²) in [5.74, 6) is -21.0. The van der Waals surface area contributed by atoms with E-state index >= 15 is 0 Å². The molecule has 1 fully saturated rings. The Hall–Kier alpha value is -0.610. The van der Waals surface area contributed by atoms with Crippen LogP contribution in [0.15, 0.2) is 0 Å². The summed E-state index contributed by atoms with van der Waals surface area (Å²) in [5.41, 5.74) is 0. The molecular formula is C11H10F9IN2. The van der Waals surface area contributed by atoms with Gasteiger partial charge in [0.05, 0.1) is 0 Å². The summed E-state index contributed by atoms with van der Waals surface area (Å²) in [6.45, 7) is -0.436. The summed E-state index contributed by atoms with van der Waals surface area (Å²) < 4.78 is 115. The molecule has 0 spiro atoms. The van der Waals surface area contributed by atoms with Gasteiger partial charge in [0.15, 0.2) is 6.19 Å². The second kappa shape index (κ2) is 6.36. The summed E-state index contributed by atoms with van der Waals surface area (Å²) in [7, 11) is 0. The van der Waals surface area contributed by atoms with Gasteiger partial charge in [-0.15, -0.1) is 0 Å². The Morgan fingerprint density at radius 1 is 0.913 bits per heavy atom. The molecule has 0 N–H and O–H groups in total. The molecule has 1 aliphatic heterocycles. The SMILES string of the molecule is N#CN1C[C@H](CC(F)(F)C(F)(F)C(F)(F)C(F)(F)F)[C@@H](CI)C1. The average Bonchev–Trinajstić information content (AvgIpc) is 2.78. The molecule has 0 aromatic rings. The van der Waals surface area contributed by atoms with Gasteiger partial charge in [0.2, 0.25) is 0 Å². The Kier molecular flexibility index (Phi) is 5.65. The van der Waals surface area contributed by atoms with Crippen molar-refractivity contribution >= 4 is 22.6 Å². The molecule has 2 nitrogen and oxygen atoms in total. The van der Waals surface area contributed by atoms with Crippen molar-refractivity contribution in [2.45, 2.75) is 30.4 Å². The van der Waals surface area contributed by atoms with Gasteiger partial charge in [-0.25, -0.2) is 0 Å². The van der Waals surface area contributed by atoms with Crippen molar-refractivity contribution in [3.05, 3.63) is 0 Å². The van der Waals surface area contributed by atoms with Crippen LogP contribution in [-0.4, -0.2) is 46.4 Å². The number of nitriles is 1. The third-order valence-corrected chi connectivity index (χ3v) is 4.78. The number of halogens is 10. The van der Waals surface area contributed by atoms with E-state index in [1.165, 1.54) is 0 Å². The van der Waals surface area contributed by atoms with Gasteiger partial charge in [-0.1, -0.05) is 22.6 Å². The monoisotopic (exact) mass is 468 g/mol. The van der Waals surface area contributed by atoms with Crippen LogP contribution in [0.4, 0.5) is 39.5 Å². The second-order valence-electron chi connectivity index (χ2n) is 5.23. The van der Waals surface area contributed by atoms with Gasteiger partial charge in [-0.2, -0.15) is 44.8 Å². The minimum absolute atomic E-state index is 0.0403. The van der Waals surface area contributed by atoms with E-state index in [4.69, 9.17) is 5.26 Å². The Labute approximate surface area is 138 Å². The van der Waals surface area contributed by atoms with Crippen molar-refractivity contribution < 1.29 is 39.5 Å². The molecule has 134 valence electrons. The minimum atomic E-state index is -6.86. The van der Waals surface area contributed by atoms with Gasteiger partial charge in [0.25, 0.3) is 0 Å². The first kappa shape index (κ1) is 20.4. The van der Waals surface area contributed by atoms with Crippen LogP contribution in [0.5, 0.6) is 0 Å². The van der Waals surface area contributed by atoms with Crippen molar-refractivity contribution in [3.63, 3.8) is 0 Å². The summed E-state index contributed by atoms with van der Waals surface area (Å²) in [6.07, 6.45) is -7.07. The molecule has 0 radical (unpaired) electrons. The van der Waals surface area contributed by atoms with E-state index < -0.39 is 48.7 Å². The van der Waals surface area contributed by atoms with E-state index in [0.29, 0.717) is 0 Å². The molecule has 0 unspecified atom stereocenters. The fourth-order valence-electron chi connectivity index (χ4n) is 2.29. The highest BCUT2D eigenvalue weighted by Crippen LogP contribution is 2.55. The van der Waals surface area contributed by atoms with Gasteiger partial charge < -0.3 is 4.90 Å². The van der Waals surface area contributed by atoms with Crippen molar-refractivity contribution in [2.75, 3.05) is 17.5 Å². The van der Waals surface area contributed by atoms with Crippen molar-refractivity contribution in [3.8, 4) is 6.19 Å². The van der Waals surface area contributed by atoms with Gasteiger partial charge in [-0.3, -0.25) is 0 Å². The highest BCUT2D eigenvalue weighted by atomic mass is 127. The lowest BCUT2D eigenvalue weighted by Gasteiger charge is -2.35. The zero-order valence-corrected chi connectivity index (χ0v) is 13.3. The molecule has 23 heavy (non-hydrogen) atoms. The van der Waals surface area contributed by atoms with E-state index in [1.54, 1.807) is 28.8 Å². The third-order valence-electron chi connectivity index (χ3n) is 3.64. The minimum Gasteiger partial charge on any atom is -0.310 e. The lowest BCUT2D eigenvalue weighted by Crippen LogP contribution is -2.61. The predicted molar refractivity (Wildman–Crippen MR) is 68.6 cm³/mol. The molecule has 12 heteroatoms. The number of alkyl halides is 10.